The fourth-order valence-electron chi connectivity index (χ4n) is 3.13. The number of amides is 4. The molecule has 0 spiro atoms. The first-order chi connectivity index (χ1) is 14.9. The molecule has 0 aromatic heterocycles. The smallest absolute Gasteiger partial charge is 0.331 e. The number of nitro groups is 1. The van der Waals surface area contributed by atoms with E-state index in [1.54, 1.807) is 24.3 Å². The van der Waals surface area contributed by atoms with Crippen molar-refractivity contribution in [3.05, 3.63) is 63.2 Å². The van der Waals surface area contributed by atoms with Crippen LogP contribution in [0.5, 0.6) is 17.2 Å². The number of benzene rings is 2. The van der Waals surface area contributed by atoms with Crippen LogP contribution in [0.15, 0.2) is 42.0 Å². The fourth-order valence-corrected chi connectivity index (χ4v) is 3.13. The summed E-state index contributed by atoms with van der Waals surface area (Å²) in [7, 11) is 1.51. The minimum atomic E-state index is -0.951. The molecule has 2 aliphatic heterocycles. The molecule has 2 aromatic carbocycles. The van der Waals surface area contributed by atoms with Crippen molar-refractivity contribution in [2.24, 2.45) is 0 Å². The molecular weight excluding hydrogens is 410 g/mol. The van der Waals surface area contributed by atoms with Gasteiger partial charge in [-0.2, -0.15) is 0 Å². The second kappa shape index (κ2) is 7.78. The maximum atomic E-state index is 12.9. The van der Waals surface area contributed by atoms with Gasteiger partial charge < -0.3 is 14.2 Å². The molecule has 0 saturated carbocycles. The van der Waals surface area contributed by atoms with Crippen LogP contribution in [0.1, 0.15) is 11.1 Å². The third-order valence-electron chi connectivity index (χ3n) is 4.70. The topological polar surface area (TPSA) is 137 Å². The van der Waals surface area contributed by atoms with E-state index in [-0.39, 0.29) is 36.1 Å². The Morgan fingerprint density at radius 2 is 1.84 bits per heavy atom. The molecule has 11 heteroatoms. The highest BCUT2D eigenvalue weighted by Gasteiger charge is 2.36. The molecule has 1 saturated heterocycles. The Morgan fingerprint density at radius 1 is 1.16 bits per heavy atom. The van der Waals surface area contributed by atoms with Crippen LogP contribution >= 0.6 is 0 Å². The largest absolute Gasteiger partial charge is 0.497 e. The zero-order chi connectivity index (χ0) is 22.1. The lowest BCUT2D eigenvalue weighted by Crippen LogP contribution is -2.53. The van der Waals surface area contributed by atoms with E-state index in [0.29, 0.717) is 11.3 Å². The summed E-state index contributed by atoms with van der Waals surface area (Å²) in [5, 5.41) is 13.5. The van der Waals surface area contributed by atoms with Crippen molar-refractivity contribution in [1.29, 1.82) is 0 Å². The number of nitrogens with one attached hydrogen (secondary N) is 1. The number of rotatable bonds is 5. The number of fused-ring (bicyclic) bond motifs is 1. The van der Waals surface area contributed by atoms with Gasteiger partial charge in [0.15, 0.2) is 11.5 Å². The molecular formula is C20H15N3O8. The molecule has 158 valence electrons. The van der Waals surface area contributed by atoms with Crippen LogP contribution in [0, 0.1) is 10.1 Å². The molecule has 0 atom stereocenters. The van der Waals surface area contributed by atoms with E-state index in [4.69, 9.17) is 14.2 Å². The van der Waals surface area contributed by atoms with Crippen LogP contribution in [0.2, 0.25) is 0 Å². The van der Waals surface area contributed by atoms with Crippen molar-refractivity contribution in [1.82, 2.24) is 10.2 Å². The normalized spacial score (nSPS) is 16.5. The van der Waals surface area contributed by atoms with Crippen molar-refractivity contribution >= 4 is 29.6 Å². The lowest BCUT2D eigenvalue weighted by molar-refractivity contribution is -0.385. The monoisotopic (exact) mass is 425 g/mol. The lowest BCUT2D eigenvalue weighted by Gasteiger charge is -2.26. The first-order valence-electron chi connectivity index (χ1n) is 8.97. The predicted molar refractivity (Wildman–Crippen MR) is 104 cm³/mol. The Bertz CT molecular complexity index is 1140. The van der Waals surface area contributed by atoms with Gasteiger partial charge in [0.05, 0.1) is 30.2 Å². The van der Waals surface area contributed by atoms with E-state index in [1.165, 1.54) is 13.2 Å². The van der Waals surface area contributed by atoms with E-state index < -0.39 is 28.3 Å². The number of ether oxygens (including phenoxy) is 3. The Hall–Kier alpha value is -4.41. The number of urea groups is 1. The number of hydrogen-bond donors (Lipinski definition) is 1. The maximum absolute atomic E-state index is 12.9. The Balaban J connectivity index is 1.68. The van der Waals surface area contributed by atoms with Crippen LogP contribution in [-0.4, -0.2) is 41.6 Å². The molecule has 2 aliphatic rings. The summed E-state index contributed by atoms with van der Waals surface area (Å²) in [6.45, 7) is -0.210. The van der Waals surface area contributed by atoms with Gasteiger partial charge in [-0.05, 0) is 29.8 Å². The molecule has 0 bridgehead atoms. The molecule has 4 rings (SSSR count). The standard InChI is InChI=1S/C20H15N3O8/c1-29-13-4-2-11(3-5-13)9-22-19(25)14(18(24)21-20(22)26)6-12-7-16-17(31-10-30-16)8-15(12)23(27)28/h2-8H,9-10H2,1H3,(H,21,24,26)/b14-6-. The number of imide groups is 2. The van der Waals surface area contributed by atoms with Crippen molar-refractivity contribution in [2.45, 2.75) is 6.54 Å². The van der Waals surface area contributed by atoms with Crippen molar-refractivity contribution in [3.8, 4) is 17.2 Å². The van der Waals surface area contributed by atoms with Gasteiger partial charge in [-0.3, -0.25) is 29.9 Å². The molecule has 31 heavy (non-hydrogen) atoms. The number of nitrogens with zero attached hydrogens (tertiary/aromatic N) is 2. The van der Waals surface area contributed by atoms with Gasteiger partial charge in [-0.25, -0.2) is 4.79 Å². The zero-order valence-corrected chi connectivity index (χ0v) is 16.1. The third-order valence-corrected chi connectivity index (χ3v) is 4.70. The maximum Gasteiger partial charge on any atom is 0.331 e. The summed E-state index contributed by atoms with van der Waals surface area (Å²) in [5.41, 5.74) is -0.218. The SMILES string of the molecule is COc1ccc(CN2C(=O)NC(=O)/C(=C/c3cc4c(cc3[N+](=O)[O-])OCO4)C2=O)cc1. The van der Waals surface area contributed by atoms with E-state index in [1.807, 2.05) is 0 Å². The van der Waals surface area contributed by atoms with Crippen molar-refractivity contribution in [2.75, 3.05) is 13.9 Å². The first kappa shape index (κ1) is 19.9. The molecule has 1 N–H and O–H groups in total. The number of hydrogen-bond acceptors (Lipinski definition) is 8. The van der Waals surface area contributed by atoms with E-state index in [9.17, 15) is 24.5 Å². The second-order valence-electron chi connectivity index (χ2n) is 6.58. The number of carbonyl (C=O) groups excluding carboxylic acids is 3. The second-order valence-corrected chi connectivity index (χ2v) is 6.58. The van der Waals surface area contributed by atoms with E-state index in [0.717, 1.165) is 17.0 Å². The number of methoxy groups -OCH3 is 1. The van der Waals surface area contributed by atoms with E-state index in [2.05, 4.69) is 5.32 Å². The molecule has 4 amide bonds. The third kappa shape index (κ3) is 3.75. The zero-order valence-electron chi connectivity index (χ0n) is 16.1. The van der Waals surface area contributed by atoms with Crippen molar-refractivity contribution in [3.63, 3.8) is 0 Å². The predicted octanol–water partition coefficient (Wildman–Crippen LogP) is 1.99. The molecule has 0 aliphatic carbocycles. The van der Waals surface area contributed by atoms with E-state index >= 15 is 0 Å². The summed E-state index contributed by atoms with van der Waals surface area (Å²) in [5.74, 6) is -0.801. The number of carbonyl (C=O) groups is 3. The highest BCUT2D eigenvalue weighted by molar-refractivity contribution is 6.31. The average Bonchev–Trinajstić information content (AvgIpc) is 3.21. The molecule has 0 radical (unpaired) electrons. The summed E-state index contributed by atoms with van der Waals surface area (Å²) >= 11 is 0. The molecule has 2 heterocycles. The first-order valence-corrected chi connectivity index (χ1v) is 8.97. The number of nitro benzene ring substituents is 1. The van der Waals surface area contributed by atoms with Gasteiger partial charge in [-0.15, -0.1) is 0 Å². The van der Waals surface area contributed by atoms with Crippen LogP contribution < -0.4 is 19.5 Å². The fraction of sp³-hybridized carbons (Fsp3) is 0.150. The van der Waals surface area contributed by atoms with Gasteiger partial charge >= 0.3 is 6.03 Å². The van der Waals surface area contributed by atoms with Gasteiger partial charge in [0, 0.05) is 0 Å². The van der Waals surface area contributed by atoms with Crippen LogP contribution in [0.25, 0.3) is 6.08 Å². The highest BCUT2D eigenvalue weighted by atomic mass is 16.7. The van der Waals surface area contributed by atoms with Crippen molar-refractivity contribution < 1.29 is 33.5 Å². The van der Waals surface area contributed by atoms with Crippen LogP contribution in [0.3, 0.4) is 0 Å². The highest BCUT2D eigenvalue weighted by Crippen LogP contribution is 2.39. The van der Waals surface area contributed by atoms with Crippen LogP contribution in [0.4, 0.5) is 10.5 Å². The summed E-state index contributed by atoms with van der Waals surface area (Å²) in [6, 6.07) is 8.24. The van der Waals surface area contributed by atoms with Crippen LogP contribution in [-0.2, 0) is 16.1 Å². The van der Waals surface area contributed by atoms with Gasteiger partial charge in [0.1, 0.15) is 11.3 Å². The quantitative estimate of drug-likeness (QED) is 0.332. The van der Waals surface area contributed by atoms with Gasteiger partial charge in [-0.1, -0.05) is 12.1 Å². The minimum absolute atomic E-state index is 0.0357. The Kier molecular flexibility index (Phi) is 4.99. The summed E-state index contributed by atoms with van der Waals surface area (Å²) in [4.78, 5) is 49.1. The van der Waals surface area contributed by atoms with Gasteiger partial charge in [0.25, 0.3) is 17.5 Å². The number of barbiturate groups is 1. The molecule has 2 aromatic rings. The minimum Gasteiger partial charge on any atom is -0.497 e. The lowest BCUT2D eigenvalue weighted by atomic mass is 10.0. The summed E-state index contributed by atoms with van der Waals surface area (Å²) < 4.78 is 15.4. The Labute approximate surface area is 174 Å². The average molecular weight is 425 g/mol. The summed E-state index contributed by atoms with van der Waals surface area (Å²) in [6.07, 6.45) is 1.06. The Morgan fingerprint density at radius 3 is 2.48 bits per heavy atom. The molecule has 11 nitrogen and oxygen atoms in total. The molecule has 0 unspecified atom stereocenters. The van der Waals surface area contributed by atoms with Gasteiger partial charge in [0.2, 0.25) is 6.79 Å². The molecule has 1 fully saturated rings.